The lowest BCUT2D eigenvalue weighted by molar-refractivity contribution is -0.178. The smallest absolute Gasteiger partial charge is 0.353 e. The van der Waals surface area contributed by atoms with Crippen molar-refractivity contribution >= 4 is 21.9 Å². The van der Waals surface area contributed by atoms with Crippen molar-refractivity contribution in [2.24, 2.45) is 0 Å². The highest BCUT2D eigenvalue weighted by atomic mass is 79.9. The molecule has 19 heavy (non-hydrogen) atoms. The maximum Gasteiger partial charge on any atom is 0.353 e. The first-order valence-corrected chi connectivity index (χ1v) is 6.99. The summed E-state index contributed by atoms with van der Waals surface area (Å²) in [7, 11) is 0. The van der Waals surface area contributed by atoms with Crippen LogP contribution >= 0.6 is 15.9 Å². The topological polar surface area (TPSA) is 47.6 Å². The monoisotopic (exact) mass is 327 g/mol. The van der Waals surface area contributed by atoms with Gasteiger partial charge in [-0.1, -0.05) is 15.9 Å². The lowest BCUT2D eigenvalue weighted by atomic mass is 9.96. The Labute approximate surface area is 121 Å². The van der Waals surface area contributed by atoms with Crippen molar-refractivity contribution in [3.05, 3.63) is 28.7 Å². The van der Waals surface area contributed by atoms with Crippen LogP contribution in [0.2, 0.25) is 0 Å². The van der Waals surface area contributed by atoms with Crippen LogP contribution in [0.5, 0.6) is 5.75 Å². The van der Waals surface area contributed by atoms with Gasteiger partial charge in [-0.15, -0.1) is 0 Å². The predicted octanol–water partition coefficient (Wildman–Crippen LogP) is 2.51. The van der Waals surface area contributed by atoms with E-state index in [1.54, 1.807) is 0 Å². The third kappa shape index (κ3) is 3.48. The highest BCUT2D eigenvalue weighted by molar-refractivity contribution is 9.10. The zero-order chi connectivity index (χ0) is 14.1. The minimum absolute atomic E-state index is 0.318. The van der Waals surface area contributed by atoms with Crippen molar-refractivity contribution in [2.75, 3.05) is 13.1 Å². The number of hydrogen-bond donors (Lipinski definition) is 1. The molecule has 104 valence electrons. The summed E-state index contributed by atoms with van der Waals surface area (Å²) in [6, 6.07) is 7.41. The van der Waals surface area contributed by atoms with Gasteiger partial charge in [-0.2, -0.15) is 0 Å². The fourth-order valence-electron chi connectivity index (χ4n) is 1.71. The third-order valence-corrected chi connectivity index (χ3v) is 3.25. The van der Waals surface area contributed by atoms with Crippen molar-refractivity contribution < 1.29 is 14.3 Å². The van der Waals surface area contributed by atoms with Crippen LogP contribution in [0.25, 0.3) is 0 Å². The van der Waals surface area contributed by atoms with E-state index in [-0.39, 0.29) is 5.97 Å². The number of hydrogen-bond acceptors (Lipinski definition) is 4. The molecule has 1 aliphatic rings. The van der Waals surface area contributed by atoms with E-state index >= 15 is 0 Å². The lowest BCUT2D eigenvalue weighted by Gasteiger charge is -2.41. The number of ether oxygens (including phenoxy) is 2. The first kappa shape index (κ1) is 14.3. The molecular formula is C14H18BrNO3. The molecule has 1 heterocycles. The summed E-state index contributed by atoms with van der Waals surface area (Å²) < 4.78 is 12.2. The number of nitrogens with one attached hydrogen (secondary N) is 1. The molecule has 0 spiro atoms. The highest BCUT2D eigenvalue weighted by Crippen LogP contribution is 2.26. The Morgan fingerprint density at radius 1 is 1.26 bits per heavy atom. The van der Waals surface area contributed by atoms with Gasteiger partial charge in [0, 0.05) is 17.6 Å². The minimum atomic E-state index is -0.902. The molecule has 4 nitrogen and oxygen atoms in total. The van der Waals surface area contributed by atoms with Crippen molar-refractivity contribution in [2.45, 2.75) is 32.0 Å². The normalized spacial score (nSPS) is 17.5. The van der Waals surface area contributed by atoms with Crippen LogP contribution in [0.1, 0.15) is 20.8 Å². The van der Waals surface area contributed by atoms with Crippen molar-refractivity contribution in [1.29, 1.82) is 0 Å². The van der Waals surface area contributed by atoms with Crippen molar-refractivity contribution in [1.82, 2.24) is 5.32 Å². The molecule has 0 radical (unpaired) electrons. The summed E-state index contributed by atoms with van der Waals surface area (Å²) in [6.45, 7) is 6.49. The molecular weight excluding hydrogens is 310 g/mol. The minimum Gasteiger partial charge on any atom is -0.473 e. The van der Waals surface area contributed by atoms with E-state index in [2.05, 4.69) is 21.2 Å². The Morgan fingerprint density at radius 2 is 1.84 bits per heavy atom. The molecule has 2 rings (SSSR count). The summed E-state index contributed by atoms with van der Waals surface area (Å²) in [6.07, 6.45) is 0. The van der Waals surface area contributed by atoms with E-state index in [0.717, 1.165) is 4.47 Å². The van der Waals surface area contributed by atoms with Gasteiger partial charge in [0.2, 0.25) is 5.60 Å². The second-order valence-corrected chi connectivity index (χ2v) is 6.57. The fraction of sp³-hybridized carbons (Fsp3) is 0.500. The van der Waals surface area contributed by atoms with Crippen LogP contribution in [0.15, 0.2) is 28.7 Å². The Bertz CT molecular complexity index is 461. The van der Waals surface area contributed by atoms with Gasteiger partial charge in [0.1, 0.15) is 11.4 Å². The molecule has 1 fully saturated rings. The summed E-state index contributed by atoms with van der Waals surface area (Å²) in [5, 5.41) is 3.07. The van der Waals surface area contributed by atoms with Crippen molar-refractivity contribution in [3.63, 3.8) is 0 Å². The maximum absolute atomic E-state index is 12.2. The predicted molar refractivity (Wildman–Crippen MR) is 76.2 cm³/mol. The number of benzene rings is 1. The summed E-state index contributed by atoms with van der Waals surface area (Å²) in [5.74, 6) is 0.345. The summed E-state index contributed by atoms with van der Waals surface area (Å²) in [5.41, 5.74) is -1.41. The summed E-state index contributed by atoms with van der Waals surface area (Å²) in [4.78, 5) is 12.2. The number of halogens is 1. The van der Waals surface area contributed by atoms with Gasteiger partial charge in [0.05, 0.1) is 0 Å². The van der Waals surface area contributed by atoms with Crippen LogP contribution in [-0.4, -0.2) is 30.3 Å². The molecule has 1 saturated heterocycles. The van der Waals surface area contributed by atoms with E-state index in [4.69, 9.17) is 9.47 Å². The first-order chi connectivity index (χ1) is 8.81. The van der Waals surface area contributed by atoms with Gasteiger partial charge in [-0.3, -0.25) is 0 Å². The van der Waals surface area contributed by atoms with Gasteiger partial charge < -0.3 is 14.8 Å². The molecule has 0 amide bonds. The third-order valence-electron chi connectivity index (χ3n) is 2.72. The van der Waals surface area contributed by atoms with Crippen molar-refractivity contribution in [3.8, 4) is 5.75 Å². The van der Waals surface area contributed by atoms with Gasteiger partial charge >= 0.3 is 5.97 Å². The quantitative estimate of drug-likeness (QED) is 0.866. The summed E-state index contributed by atoms with van der Waals surface area (Å²) >= 11 is 3.37. The molecule has 1 aliphatic heterocycles. The molecule has 5 heteroatoms. The molecule has 1 aromatic carbocycles. The standard InChI is InChI=1S/C14H18BrNO3/c1-13(2,3)19-12(17)14(8-16-9-14)18-11-6-4-10(15)5-7-11/h4-7,16H,8-9H2,1-3H3. The van der Waals surface area contributed by atoms with Crippen LogP contribution in [0.3, 0.4) is 0 Å². The molecule has 0 aliphatic carbocycles. The van der Waals surface area contributed by atoms with Crippen LogP contribution in [0, 0.1) is 0 Å². The average molecular weight is 328 g/mol. The molecule has 0 aromatic heterocycles. The Hall–Kier alpha value is -1.07. The largest absolute Gasteiger partial charge is 0.473 e. The average Bonchev–Trinajstić information content (AvgIpc) is 2.23. The molecule has 1 aromatic rings. The lowest BCUT2D eigenvalue weighted by Crippen LogP contribution is -2.68. The zero-order valence-corrected chi connectivity index (χ0v) is 12.9. The molecule has 0 bridgehead atoms. The van der Waals surface area contributed by atoms with E-state index in [1.807, 2.05) is 45.0 Å². The second-order valence-electron chi connectivity index (χ2n) is 5.66. The first-order valence-electron chi connectivity index (χ1n) is 6.20. The number of esters is 1. The number of carbonyl (C=O) groups excluding carboxylic acids is 1. The fourth-order valence-corrected chi connectivity index (χ4v) is 1.97. The highest BCUT2D eigenvalue weighted by Gasteiger charge is 2.49. The SMILES string of the molecule is CC(C)(C)OC(=O)C1(Oc2ccc(Br)cc2)CNC1. The zero-order valence-electron chi connectivity index (χ0n) is 11.3. The van der Waals surface area contributed by atoms with Crippen LogP contribution in [0.4, 0.5) is 0 Å². The number of carbonyl (C=O) groups is 1. The van der Waals surface area contributed by atoms with E-state index in [0.29, 0.717) is 18.8 Å². The maximum atomic E-state index is 12.2. The Morgan fingerprint density at radius 3 is 2.26 bits per heavy atom. The Balaban J connectivity index is 2.10. The molecule has 0 saturated carbocycles. The molecule has 1 N–H and O–H groups in total. The van der Waals surface area contributed by atoms with Gasteiger partial charge in [0.25, 0.3) is 0 Å². The van der Waals surface area contributed by atoms with Gasteiger partial charge in [-0.05, 0) is 45.0 Å². The van der Waals surface area contributed by atoms with Crippen LogP contribution in [-0.2, 0) is 9.53 Å². The van der Waals surface area contributed by atoms with E-state index in [9.17, 15) is 4.79 Å². The molecule has 0 atom stereocenters. The van der Waals surface area contributed by atoms with E-state index in [1.165, 1.54) is 0 Å². The van der Waals surface area contributed by atoms with E-state index < -0.39 is 11.2 Å². The number of rotatable bonds is 3. The van der Waals surface area contributed by atoms with Crippen LogP contribution < -0.4 is 10.1 Å². The van der Waals surface area contributed by atoms with Gasteiger partial charge in [0.15, 0.2) is 0 Å². The van der Waals surface area contributed by atoms with Gasteiger partial charge in [-0.25, -0.2) is 4.79 Å². The second kappa shape index (κ2) is 5.13. The Kier molecular flexibility index (Phi) is 3.87. The molecule has 0 unspecified atom stereocenters.